The van der Waals surface area contributed by atoms with Crippen molar-refractivity contribution in [2.24, 2.45) is 0 Å². The van der Waals surface area contributed by atoms with Gasteiger partial charge in [-0.3, -0.25) is 4.79 Å². The Labute approximate surface area is 263 Å². The standard InChI is InChI=1S/C31H32ClFN8O2S/c1-14-21(39(2)3)8-10-41(14)31-37-26-24(29(38-31)36-20-7-9-40(4)30(20)42)18-13-43-12-17(18)22(25(26)32)15-5-6-19(33)27-23(15)16(11-34)28(35)44-27/h5-6,14,20-21H,7-10,12-13,35H2,1-4H3,(H,36,37,38)/t14-,20+,21-/m0/s1. The number of nitriles is 1. The van der Waals surface area contributed by atoms with Crippen molar-refractivity contribution >= 4 is 66.6 Å². The molecule has 10 nitrogen and oxygen atoms in total. The molecular weight excluding hydrogens is 603 g/mol. The fourth-order valence-corrected chi connectivity index (χ4v) is 8.36. The maximum atomic E-state index is 15.0. The summed E-state index contributed by atoms with van der Waals surface area (Å²) < 4.78 is 21.3. The summed E-state index contributed by atoms with van der Waals surface area (Å²) in [6, 6.07) is 5.21. The highest BCUT2D eigenvalue weighted by Crippen LogP contribution is 2.49. The summed E-state index contributed by atoms with van der Waals surface area (Å²) in [7, 11) is 5.94. The summed E-state index contributed by atoms with van der Waals surface area (Å²) in [5.74, 6) is 0.608. The van der Waals surface area contributed by atoms with Crippen molar-refractivity contribution in [2.75, 3.05) is 50.2 Å². The van der Waals surface area contributed by atoms with Gasteiger partial charge < -0.3 is 30.5 Å². The van der Waals surface area contributed by atoms with Crippen molar-refractivity contribution in [3.63, 3.8) is 0 Å². The van der Waals surface area contributed by atoms with Gasteiger partial charge in [-0.25, -0.2) is 9.37 Å². The molecule has 3 atom stereocenters. The van der Waals surface area contributed by atoms with Crippen LogP contribution in [-0.4, -0.2) is 78.0 Å². The number of nitrogens with one attached hydrogen (secondary N) is 1. The van der Waals surface area contributed by atoms with Crippen LogP contribution in [0.25, 0.3) is 32.1 Å². The van der Waals surface area contributed by atoms with Crippen LogP contribution in [0, 0.1) is 17.1 Å². The van der Waals surface area contributed by atoms with Gasteiger partial charge in [-0.2, -0.15) is 10.2 Å². The number of aromatic nitrogens is 2. The monoisotopic (exact) mass is 634 g/mol. The SMILES string of the molecule is C[C@H]1[C@@H](N(C)C)CCN1c1nc(N[C@@H]2CCN(C)C2=O)c2c3c(c(-c4ccc(F)c5sc(N)c(C#N)c45)c(Cl)c2n1)COC3. The average molecular weight is 635 g/mol. The number of likely N-dealkylation sites (tertiary alicyclic amines) is 1. The molecule has 13 heteroatoms. The van der Waals surface area contributed by atoms with Crippen LogP contribution in [0.15, 0.2) is 12.1 Å². The molecule has 0 unspecified atom stereocenters. The lowest BCUT2D eigenvalue weighted by molar-refractivity contribution is -0.127. The number of carbonyl (C=O) groups is 1. The van der Waals surface area contributed by atoms with Crippen LogP contribution in [0.2, 0.25) is 5.02 Å². The van der Waals surface area contributed by atoms with Gasteiger partial charge in [0.1, 0.15) is 28.7 Å². The third-order valence-corrected chi connectivity index (χ3v) is 10.8. The van der Waals surface area contributed by atoms with Gasteiger partial charge in [-0.15, -0.1) is 11.3 Å². The molecule has 0 aliphatic carbocycles. The van der Waals surface area contributed by atoms with E-state index in [1.807, 2.05) is 0 Å². The number of anilines is 3. The number of likely N-dealkylation sites (N-methyl/N-ethyl adjacent to an activating group) is 2. The zero-order chi connectivity index (χ0) is 31.0. The van der Waals surface area contributed by atoms with Crippen molar-refractivity contribution in [2.45, 2.75) is 51.1 Å². The van der Waals surface area contributed by atoms with Crippen molar-refractivity contribution in [1.82, 2.24) is 19.8 Å². The van der Waals surface area contributed by atoms with Gasteiger partial charge >= 0.3 is 0 Å². The van der Waals surface area contributed by atoms with Crippen LogP contribution in [0.5, 0.6) is 0 Å². The fourth-order valence-electron chi connectivity index (χ4n) is 7.06. The molecule has 0 saturated carbocycles. The highest BCUT2D eigenvalue weighted by atomic mass is 35.5. The Morgan fingerprint density at radius 2 is 1.98 bits per heavy atom. The maximum absolute atomic E-state index is 15.0. The molecule has 0 spiro atoms. The highest BCUT2D eigenvalue weighted by Gasteiger charge is 2.37. The number of fused-ring (bicyclic) bond motifs is 4. The number of amides is 1. The van der Waals surface area contributed by atoms with E-state index in [0.29, 0.717) is 67.9 Å². The number of hydrogen-bond acceptors (Lipinski definition) is 10. The summed E-state index contributed by atoms with van der Waals surface area (Å²) in [6.07, 6.45) is 1.60. The van der Waals surface area contributed by atoms with E-state index >= 15 is 4.39 Å². The van der Waals surface area contributed by atoms with Crippen LogP contribution in [0.3, 0.4) is 0 Å². The second-order valence-electron chi connectivity index (χ2n) is 12.0. The van der Waals surface area contributed by atoms with E-state index in [4.69, 9.17) is 32.0 Å². The van der Waals surface area contributed by atoms with E-state index in [0.717, 1.165) is 35.4 Å². The Kier molecular flexibility index (Phi) is 7.05. The molecule has 2 aromatic heterocycles. The Morgan fingerprint density at radius 3 is 2.66 bits per heavy atom. The minimum Gasteiger partial charge on any atom is -0.389 e. The molecule has 0 bridgehead atoms. The first kappa shape index (κ1) is 29.0. The molecule has 228 valence electrons. The second-order valence-corrected chi connectivity index (χ2v) is 13.4. The van der Waals surface area contributed by atoms with Gasteiger partial charge in [0.05, 0.1) is 39.4 Å². The molecule has 0 radical (unpaired) electrons. The topological polar surface area (TPSA) is 124 Å². The average Bonchev–Trinajstić information content (AvgIpc) is 3.77. The maximum Gasteiger partial charge on any atom is 0.244 e. The predicted molar refractivity (Wildman–Crippen MR) is 172 cm³/mol. The number of halogens is 2. The predicted octanol–water partition coefficient (Wildman–Crippen LogP) is 4.96. The normalized spacial score (nSPS) is 21.7. The molecule has 1 amide bonds. The van der Waals surface area contributed by atoms with Gasteiger partial charge in [-0.1, -0.05) is 17.7 Å². The summed E-state index contributed by atoms with van der Waals surface area (Å²) in [4.78, 5) is 29.3. The van der Waals surface area contributed by atoms with E-state index in [2.05, 4.69) is 42.2 Å². The van der Waals surface area contributed by atoms with Gasteiger partial charge in [0.25, 0.3) is 0 Å². The summed E-state index contributed by atoms with van der Waals surface area (Å²) in [5.41, 5.74) is 9.82. The molecule has 4 aromatic rings. The molecule has 7 rings (SSSR count). The highest BCUT2D eigenvalue weighted by molar-refractivity contribution is 7.23. The summed E-state index contributed by atoms with van der Waals surface area (Å²) in [6.45, 7) is 4.13. The number of nitrogen functional groups attached to an aromatic ring is 1. The number of nitrogens with zero attached hydrogens (tertiary/aromatic N) is 6. The fraction of sp³-hybridized carbons (Fsp3) is 0.419. The third kappa shape index (κ3) is 4.29. The largest absolute Gasteiger partial charge is 0.389 e. The first-order valence-electron chi connectivity index (χ1n) is 14.6. The number of hydrogen-bond donors (Lipinski definition) is 2. The molecule has 3 aliphatic heterocycles. The van der Waals surface area contributed by atoms with Crippen LogP contribution >= 0.6 is 22.9 Å². The first-order chi connectivity index (χ1) is 21.1. The van der Waals surface area contributed by atoms with Crippen LogP contribution in [-0.2, 0) is 22.7 Å². The number of benzene rings is 2. The molecule has 2 fully saturated rings. The number of ether oxygens (including phenoxy) is 1. The van der Waals surface area contributed by atoms with Crippen molar-refractivity contribution < 1.29 is 13.9 Å². The molecule has 3 aliphatic rings. The molecular formula is C31H32ClFN8O2S. The zero-order valence-electron chi connectivity index (χ0n) is 24.9. The minimum absolute atomic E-state index is 0.00363. The number of rotatable bonds is 5. The van der Waals surface area contributed by atoms with Gasteiger partial charge in [0.2, 0.25) is 11.9 Å². The van der Waals surface area contributed by atoms with E-state index in [9.17, 15) is 10.1 Å². The van der Waals surface area contributed by atoms with Crippen LogP contribution in [0.4, 0.5) is 21.2 Å². The van der Waals surface area contributed by atoms with Crippen molar-refractivity contribution in [3.05, 3.63) is 39.7 Å². The van der Waals surface area contributed by atoms with Crippen LogP contribution < -0.4 is 16.0 Å². The van der Waals surface area contributed by atoms with E-state index < -0.39 is 11.9 Å². The van der Waals surface area contributed by atoms with Crippen molar-refractivity contribution in [3.8, 4) is 17.2 Å². The Morgan fingerprint density at radius 1 is 1.20 bits per heavy atom. The summed E-state index contributed by atoms with van der Waals surface area (Å²) in [5, 5.41) is 15.2. The molecule has 2 saturated heterocycles. The lowest BCUT2D eigenvalue weighted by Gasteiger charge is -2.29. The van der Waals surface area contributed by atoms with E-state index in [-0.39, 0.29) is 35.7 Å². The minimum atomic E-state index is -0.451. The molecule has 2 aromatic carbocycles. The van der Waals surface area contributed by atoms with Gasteiger partial charge in [-0.05, 0) is 56.6 Å². The zero-order valence-corrected chi connectivity index (χ0v) is 26.4. The Balaban J connectivity index is 1.51. The lowest BCUT2D eigenvalue weighted by atomic mass is 9.91. The molecule has 3 N–H and O–H groups in total. The smallest absolute Gasteiger partial charge is 0.244 e. The lowest BCUT2D eigenvalue weighted by Crippen LogP contribution is -2.40. The summed E-state index contributed by atoms with van der Waals surface area (Å²) >= 11 is 8.40. The van der Waals surface area contributed by atoms with Crippen LogP contribution in [0.1, 0.15) is 36.5 Å². The van der Waals surface area contributed by atoms with Gasteiger partial charge in [0.15, 0.2) is 0 Å². The van der Waals surface area contributed by atoms with E-state index in [1.54, 1.807) is 18.0 Å². The number of thiophene rings is 1. The third-order valence-electron chi connectivity index (χ3n) is 9.36. The Hall–Kier alpha value is -3.76. The van der Waals surface area contributed by atoms with Crippen molar-refractivity contribution in [1.29, 1.82) is 5.26 Å². The number of carbonyl (C=O) groups excluding carboxylic acids is 1. The Bertz CT molecular complexity index is 1910. The second kappa shape index (κ2) is 10.7. The quantitative estimate of drug-likeness (QED) is 0.313. The van der Waals surface area contributed by atoms with E-state index in [1.165, 1.54) is 6.07 Å². The number of nitrogens with two attached hydrogens (primary N) is 1. The molecule has 44 heavy (non-hydrogen) atoms. The van der Waals surface area contributed by atoms with Gasteiger partial charge in [0, 0.05) is 43.2 Å². The first-order valence-corrected chi connectivity index (χ1v) is 15.8. The molecule has 5 heterocycles.